The second kappa shape index (κ2) is 6.49. The topological polar surface area (TPSA) is 94.1 Å². The van der Waals surface area contributed by atoms with Crippen molar-refractivity contribution >= 4 is 11.4 Å². The summed E-state index contributed by atoms with van der Waals surface area (Å²) in [6.07, 6.45) is 0. The minimum Gasteiger partial charge on any atom is -0.380 e. The van der Waals surface area contributed by atoms with Crippen LogP contribution in [0.1, 0.15) is 12.5 Å². The van der Waals surface area contributed by atoms with Gasteiger partial charge >= 0.3 is 0 Å². The van der Waals surface area contributed by atoms with Gasteiger partial charge < -0.3 is 9.84 Å². The van der Waals surface area contributed by atoms with Crippen LogP contribution in [0.5, 0.6) is 0 Å². The summed E-state index contributed by atoms with van der Waals surface area (Å²) in [5.74, 6) is 0.699. The Labute approximate surface area is 138 Å². The number of hydrogen-bond donors (Lipinski definition) is 1. The van der Waals surface area contributed by atoms with Crippen LogP contribution in [-0.4, -0.2) is 21.6 Å². The molecule has 0 unspecified atom stereocenters. The number of benzene rings is 2. The summed E-state index contributed by atoms with van der Waals surface area (Å²) < 4.78 is 5.28. The number of nitrogens with zero attached hydrogens (tertiary/aromatic N) is 3. The molecule has 0 saturated heterocycles. The third-order valence-electron chi connectivity index (χ3n) is 3.51. The summed E-state index contributed by atoms with van der Waals surface area (Å²) in [5.41, 5.74) is 2.87. The van der Waals surface area contributed by atoms with E-state index >= 15 is 0 Å². The second-order valence-electron chi connectivity index (χ2n) is 5.31. The fraction of sp³-hybridized carbons (Fsp3) is 0.176. The molecule has 0 fully saturated rings. The van der Waals surface area contributed by atoms with Gasteiger partial charge in [-0.05, 0) is 32.0 Å². The largest absolute Gasteiger partial charge is 0.380 e. The number of nitro groups is 1. The predicted octanol–water partition coefficient (Wildman–Crippen LogP) is 4.05. The van der Waals surface area contributed by atoms with Gasteiger partial charge in [0.1, 0.15) is 5.69 Å². The Morgan fingerprint density at radius 3 is 2.75 bits per heavy atom. The van der Waals surface area contributed by atoms with E-state index in [1.807, 2.05) is 38.1 Å². The third-order valence-corrected chi connectivity index (χ3v) is 3.51. The Bertz CT molecular complexity index is 889. The zero-order valence-electron chi connectivity index (χ0n) is 13.3. The Hall–Kier alpha value is -3.22. The van der Waals surface area contributed by atoms with Crippen molar-refractivity contribution in [2.24, 2.45) is 0 Å². The van der Waals surface area contributed by atoms with E-state index in [-0.39, 0.29) is 11.6 Å². The van der Waals surface area contributed by atoms with Crippen LogP contribution in [0, 0.1) is 17.0 Å². The first-order chi connectivity index (χ1) is 11.6. The molecule has 0 saturated carbocycles. The Morgan fingerprint density at radius 2 is 2.04 bits per heavy atom. The molecule has 0 radical (unpaired) electrons. The molecule has 0 amide bonds. The zero-order valence-corrected chi connectivity index (χ0v) is 13.3. The number of rotatable bonds is 5. The lowest BCUT2D eigenvalue weighted by Gasteiger charge is -2.04. The van der Waals surface area contributed by atoms with Crippen LogP contribution < -0.4 is 5.32 Å². The van der Waals surface area contributed by atoms with Crippen molar-refractivity contribution in [1.82, 2.24) is 10.1 Å². The van der Waals surface area contributed by atoms with Crippen molar-refractivity contribution in [1.29, 1.82) is 0 Å². The van der Waals surface area contributed by atoms with E-state index in [0.717, 1.165) is 11.1 Å². The van der Waals surface area contributed by atoms with Gasteiger partial charge in [0.15, 0.2) is 0 Å². The lowest BCUT2D eigenvalue weighted by Crippen LogP contribution is -2.01. The summed E-state index contributed by atoms with van der Waals surface area (Å²) >= 11 is 0. The van der Waals surface area contributed by atoms with Crippen molar-refractivity contribution in [2.75, 3.05) is 11.9 Å². The lowest BCUT2D eigenvalue weighted by molar-refractivity contribution is -0.383. The zero-order chi connectivity index (χ0) is 17.1. The van der Waals surface area contributed by atoms with Gasteiger partial charge in [-0.1, -0.05) is 28.9 Å². The van der Waals surface area contributed by atoms with Gasteiger partial charge in [0.25, 0.3) is 11.6 Å². The highest BCUT2D eigenvalue weighted by atomic mass is 16.6. The molecule has 0 atom stereocenters. The van der Waals surface area contributed by atoms with E-state index in [0.29, 0.717) is 23.6 Å². The third kappa shape index (κ3) is 3.10. The van der Waals surface area contributed by atoms with Crippen molar-refractivity contribution in [3.8, 4) is 22.8 Å². The highest BCUT2D eigenvalue weighted by molar-refractivity contribution is 5.70. The maximum absolute atomic E-state index is 11.2. The highest BCUT2D eigenvalue weighted by Crippen LogP contribution is 2.31. The first-order valence-electron chi connectivity index (χ1n) is 7.52. The van der Waals surface area contributed by atoms with Crippen LogP contribution >= 0.6 is 0 Å². The van der Waals surface area contributed by atoms with Gasteiger partial charge in [0.05, 0.1) is 4.92 Å². The summed E-state index contributed by atoms with van der Waals surface area (Å²) in [4.78, 5) is 15.2. The molecule has 0 aliphatic rings. The van der Waals surface area contributed by atoms with Gasteiger partial charge in [-0.3, -0.25) is 10.1 Å². The van der Waals surface area contributed by atoms with Crippen LogP contribution in [0.2, 0.25) is 0 Å². The number of aryl methyl sites for hydroxylation is 1. The predicted molar refractivity (Wildman–Crippen MR) is 90.7 cm³/mol. The minimum atomic E-state index is -0.431. The van der Waals surface area contributed by atoms with E-state index < -0.39 is 4.92 Å². The molecular weight excluding hydrogens is 308 g/mol. The van der Waals surface area contributed by atoms with Gasteiger partial charge in [-0.2, -0.15) is 4.98 Å². The first-order valence-corrected chi connectivity index (χ1v) is 7.52. The Kier molecular flexibility index (Phi) is 4.24. The maximum atomic E-state index is 11.2. The molecule has 24 heavy (non-hydrogen) atoms. The quantitative estimate of drug-likeness (QED) is 0.562. The molecule has 0 spiro atoms. The fourth-order valence-corrected chi connectivity index (χ4v) is 2.40. The normalized spacial score (nSPS) is 10.6. The molecule has 7 nitrogen and oxygen atoms in total. The molecular formula is C17H16N4O3. The van der Waals surface area contributed by atoms with Crippen molar-refractivity contribution in [3.05, 3.63) is 58.1 Å². The van der Waals surface area contributed by atoms with Gasteiger partial charge in [0.2, 0.25) is 5.82 Å². The van der Waals surface area contributed by atoms with Crippen LogP contribution in [0.3, 0.4) is 0 Å². The maximum Gasteiger partial charge on any atom is 0.293 e. The Morgan fingerprint density at radius 1 is 1.21 bits per heavy atom. The van der Waals surface area contributed by atoms with Crippen molar-refractivity contribution in [2.45, 2.75) is 13.8 Å². The summed E-state index contributed by atoms with van der Waals surface area (Å²) in [7, 11) is 0. The van der Waals surface area contributed by atoms with Gasteiger partial charge in [-0.25, -0.2) is 0 Å². The van der Waals surface area contributed by atoms with Crippen LogP contribution in [0.4, 0.5) is 11.4 Å². The number of nitrogens with one attached hydrogen (secondary N) is 1. The highest BCUT2D eigenvalue weighted by Gasteiger charge is 2.18. The van der Waals surface area contributed by atoms with Crippen LogP contribution in [0.15, 0.2) is 47.0 Å². The number of hydrogen-bond acceptors (Lipinski definition) is 6. The molecule has 1 N–H and O–H groups in total. The molecule has 2 aromatic carbocycles. The molecule has 1 heterocycles. The molecule has 0 aliphatic heterocycles. The number of nitro benzene ring substituents is 1. The van der Waals surface area contributed by atoms with E-state index in [9.17, 15) is 10.1 Å². The second-order valence-corrected chi connectivity index (χ2v) is 5.31. The fourth-order valence-electron chi connectivity index (χ4n) is 2.40. The van der Waals surface area contributed by atoms with Gasteiger partial charge in [-0.15, -0.1) is 0 Å². The summed E-state index contributed by atoms with van der Waals surface area (Å²) in [6, 6.07) is 12.5. The molecule has 3 aromatic rings. The van der Waals surface area contributed by atoms with Crippen LogP contribution in [0.25, 0.3) is 22.8 Å². The Balaban J connectivity index is 1.98. The standard InChI is InChI=1S/C17H16N4O3/c1-3-18-14-8-7-13(10-15(14)21(22)23)17-19-16(20-24-17)12-6-4-5-11(2)9-12/h4-10,18H,3H2,1-2H3. The number of aromatic nitrogens is 2. The number of anilines is 1. The van der Waals surface area contributed by atoms with Crippen molar-refractivity contribution < 1.29 is 9.45 Å². The molecule has 7 heteroatoms. The molecule has 1 aromatic heterocycles. The lowest BCUT2D eigenvalue weighted by atomic mass is 10.1. The van der Waals surface area contributed by atoms with E-state index in [1.54, 1.807) is 12.1 Å². The van der Waals surface area contributed by atoms with Crippen LogP contribution in [-0.2, 0) is 0 Å². The monoisotopic (exact) mass is 324 g/mol. The molecule has 0 aliphatic carbocycles. The summed E-state index contributed by atoms with van der Waals surface area (Å²) in [5, 5.41) is 18.2. The minimum absolute atomic E-state index is 0.0235. The van der Waals surface area contributed by atoms with Crippen molar-refractivity contribution in [3.63, 3.8) is 0 Å². The van der Waals surface area contributed by atoms with E-state index in [4.69, 9.17) is 4.52 Å². The smallest absolute Gasteiger partial charge is 0.293 e. The van der Waals surface area contributed by atoms with E-state index in [2.05, 4.69) is 15.5 Å². The average Bonchev–Trinajstić information content (AvgIpc) is 3.05. The molecule has 122 valence electrons. The average molecular weight is 324 g/mol. The van der Waals surface area contributed by atoms with Gasteiger partial charge in [0, 0.05) is 23.7 Å². The SMILES string of the molecule is CCNc1ccc(-c2nc(-c3cccc(C)c3)no2)cc1[N+](=O)[O-]. The first kappa shape index (κ1) is 15.7. The van der Waals surface area contributed by atoms with E-state index in [1.165, 1.54) is 6.07 Å². The molecule has 3 rings (SSSR count). The summed E-state index contributed by atoms with van der Waals surface area (Å²) in [6.45, 7) is 4.45. The molecule has 0 bridgehead atoms.